The van der Waals surface area contributed by atoms with E-state index in [4.69, 9.17) is 0 Å². The van der Waals surface area contributed by atoms with E-state index in [9.17, 15) is 14.9 Å². The summed E-state index contributed by atoms with van der Waals surface area (Å²) in [4.78, 5) is 26.5. The van der Waals surface area contributed by atoms with Crippen LogP contribution in [0.5, 0.6) is 0 Å². The zero-order chi connectivity index (χ0) is 15.9. The Morgan fingerprint density at radius 3 is 2.82 bits per heavy atom. The van der Waals surface area contributed by atoms with Gasteiger partial charge in [-0.1, -0.05) is 12.1 Å². The lowest BCUT2D eigenvalue weighted by atomic mass is 10.1. The van der Waals surface area contributed by atoms with Crippen LogP contribution < -0.4 is 5.32 Å². The normalized spacial score (nSPS) is 19.7. The molecule has 3 rings (SSSR count). The number of hydrogen-bond acceptors (Lipinski definition) is 5. The van der Waals surface area contributed by atoms with Gasteiger partial charge in [-0.05, 0) is 31.0 Å². The van der Waals surface area contributed by atoms with Crippen LogP contribution in [0.2, 0.25) is 0 Å². The summed E-state index contributed by atoms with van der Waals surface area (Å²) in [6.07, 6.45) is 0.314. The van der Waals surface area contributed by atoms with Crippen LogP contribution in [-0.2, 0) is 4.79 Å². The van der Waals surface area contributed by atoms with Gasteiger partial charge in [0.05, 0.1) is 5.69 Å². The maximum Gasteiger partial charge on any atom is 0.236 e. The number of carbonyl (C=O) groups excluding carboxylic acids is 1. The van der Waals surface area contributed by atoms with E-state index in [-0.39, 0.29) is 5.91 Å². The van der Waals surface area contributed by atoms with Gasteiger partial charge in [-0.3, -0.25) is 14.9 Å². The Labute approximate surface area is 131 Å². The van der Waals surface area contributed by atoms with Gasteiger partial charge in [-0.15, -0.1) is 11.3 Å². The molecular weight excluding hydrogens is 302 g/mol. The summed E-state index contributed by atoms with van der Waals surface area (Å²) < 4.78 is 0. The number of benzene rings is 1. The van der Waals surface area contributed by atoms with Crippen LogP contribution in [0.25, 0.3) is 11.3 Å². The predicted molar refractivity (Wildman–Crippen MR) is 84.5 cm³/mol. The first-order chi connectivity index (χ1) is 10.5. The van der Waals surface area contributed by atoms with Crippen molar-refractivity contribution in [3.63, 3.8) is 0 Å². The van der Waals surface area contributed by atoms with Crippen LogP contribution in [0.1, 0.15) is 17.5 Å². The van der Waals surface area contributed by atoms with Gasteiger partial charge < -0.3 is 5.32 Å². The Morgan fingerprint density at radius 2 is 2.18 bits per heavy atom. The number of amides is 1. The zero-order valence-electron chi connectivity index (χ0n) is 12.2. The van der Waals surface area contributed by atoms with E-state index in [1.165, 1.54) is 22.5 Å². The van der Waals surface area contributed by atoms with Gasteiger partial charge in [0.2, 0.25) is 11.9 Å². The molecule has 1 heterocycles. The number of hydrogen-bond donors (Lipinski definition) is 1. The van der Waals surface area contributed by atoms with E-state index >= 15 is 0 Å². The molecule has 2 atom stereocenters. The molecule has 1 aromatic carbocycles. The second-order valence-electron chi connectivity index (χ2n) is 5.52. The fourth-order valence-corrected chi connectivity index (χ4v) is 2.98. The molecule has 1 N–H and O–H groups in total. The molecule has 7 heteroatoms. The third-order valence-electron chi connectivity index (χ3n) is 3.90. The number of anilines is 1. The quantitative estimate of drug-likeness (QED) is 0.694. The third kappa shape index (κ3) is 2.85. The molecule has 1 aliphatic carbocycles. The summed E-state index contributed by atoms with van der Waals surface area (Å²) in [5.41, 5.74) is 4.19. The molecule has 0 saturated heterocycles. The first kappa shape index (κ1) is 14.6. The van der Waals surface area contributed by atoms with Crippen LogP contribution in [0.4, 0.5) is 5.13 Å². The summed E-state index contributed by atoms with van der Waals surface area (Å²) in [6, 6.07) is 5.35. The fraction of sp³-hybridized carbons (Fsp3) is 0.333. The largest absolute Gasteiger partial charge is 0.301 e. The van der Waals surface area contributed by atoms with Crippen molar-refractivity contribution < 1.29 is 9.72 Å². The molecule has 22 heavy (non-hydrogen) atoms. The van der Waals surface area contributed by atoms with Crippen molar-refractivity contribution in [1.29, 1.82) is 0 Å². The maximum absolute atomic E-state index is 11.9. The minimum Gasteiger partial charge on any atom is -0.301 e. The second kappa shape index (κ2) is 5.49. The van der Waals surface area contributed by atoms with Gasteiger partial charge in [0.25, 0.3) is 0 Å². The zero-order valence-corrected chi connectivity index (χ0v) is 13.0. The third-order valence-corrected chi connectivity index (χ3v) is 4.66. The second-order valence-corrected chi connectivity index (χ2v) is 6.38. The Balaban J connectivity index is 1.70. The number of carbonyl (C=O) groups is 1. The summed E-state index contributed by atoms with van der Waals surface area (Å²) in [5, 5.41) is 15.6. The minimum absolute atomic E-state index is 0.314. The van der Waals surface area contributed by atoms with Gasteiger partial charge in [0, 0.05) is 22.3 Å². The first-order valence-electron chi connectivity index (χ1n) is 6.93. The lowest BCUT2D eigenvalue weighted by Gasteiger charge is -2.02. The van der Waals surface area contributed by atoms with Crippen molar-refractivity contribution in [2.24, 2.45) is 5.92 Å². The maximum atomic E-state index is 11.9. The highest BCUT2D eigenvalue weighted by Gasteiger charge is 2.53. The molecular formula is C15H15N3O3S. The lowest BCUT2D eigenvalue weighted by Crippen LogP contribution is -2.18. The average molecular weight is 317 g/mol. The monoisotopic (exact) mass is 317 g/mol. The number of aryl methyl sites for hydroxylation is 2. The molecule has 114 valence electrons. The van der Waals surface area contributed by atoms with Gasteiger partial charge in [-0.25, -0.2) is 4.98 Å². The van der Waals surface area contributed by atoms with Crippen LogP contribution in [-0.4, -0.2) is 21.9 Å². The molecule has 1 fully saturated rings. The summed E-state index contributed by atoms with van der Waals surface area (Å²) in [7, 11) is 0. The Hall–Kier alpha value is -2.28. The van der Waals surface area contributed by atoms with E-state index < -0.39 is 16.9 Å². The molecule has 2 aromatic rings. The first-order valence-corrected chi connectivity index (χ1v) is 7.81. The highest BCUT2D eigenvalue weighted by Crippen LogP contribution is 2.35. The van der Waals surface area contributed by atoms with Crippen LogP contribution in [0.3, 0.4) is 0 Å². The van der Waals surface area contributed by atoms with E-state index in [2.05, 4.69) is 16.4 Å². The lowest BCUT2D eigenvalue weighted by molar-refractivity contribution is -0.497. The molecule has 1 aliphatic rings. The van der Waals surface area contributed by atoms with Crippen LogP contribution in [0.15, 0.2) is 23.6 Å². The summed E-state index contributed by atoms with van der Waals surface area (Å²) in [5.74, 6) is -0.841. The van der Waals surface area contributed by atoms with E-state index in [0.717, 1.165) is 11.3 Å². The van der Waals surface area contributed by atoms with Gasteiger partial charge in [0.1, 0.15) is 5.92 Å². The van der Waals surface area contributed by atoms with Crippen molar-refractivity contribution in [3.05, 3.63) is 44.8 Å². The molecule has 0 radical (unpaired) electrons. The molecule has 1 amide bonds. The van der Waals surface area contributed by atoms with Gasteiger partial charge in [-0.2, -0.15) is 0 Å². The average Bonchev–Trinajstić information content (AvgIpc) is 3.16. The summed E-state index contributed by atoms with van der Waals surface area (Å²) in [6.45, 7) is 4.09. The predicted octanol–water partition coefficient (Wildman–Crippen LogP) is 3.03. The SMILES string of the molecule is Cc1ccc(-c2csc(NC(=O)[C@@H]3C[C@H]3[N+](=O)[O-])n2)cc1C. The number of aromatic nitrogens is 1. The van der Waals surface area contributed by atoms with E-state index in [1.54, 1.807) is 0 Å². The van der Waals surface area contributed by atoms with Crippen molar-refractivity contribution >= 4 is 22.4 Å². The molecule has 0 bridgehead atoms. The molecule has 0 spiro atoms. The fourth-order valence-electron chi connectivity index (χ4n) is 2.26. The topological polar surface area (TPSA) is 85.1 Å². The van der Waals surface area contributed by atoms with Crippen molar-refractivity contribution in [2.45, 2.75) is 26.3 Å². The molecule has 1 aromatic heterocycles. The molecule has 6 nitrogen and oxygen atoms in total. The van der Waals surface area contributed by atoms with Crippen LogP contribution in [0, 0.1) is 29.9 Å². The van der Waals surface area contributed by atoms with Crippen molar-refractivity contribution in [3.8, 4) is 11.3 Å². The summed E-state index contributed by atoms with van der Waals surface area (Å²) >= 11 is 1.32. The van der Waals surface area contributed by atoms with E-state index in [0.29, 0.717) is 11.6 Å². The van der Waals surface area contributed by atoms with Crippen molar-refractivity contribution in [1.82, 2.24) is 4.98 Å². The molecule has 0 aliphatic heterocycles. The number of thiazole rings is 1. The Morgan fingerprint density at radius 1 is 1.41 bits per heavy atom. The molecule has 0 unspecified atom stereocenters. The number of nitrogens with one attached hydrogen (secondary N) is 1. The van der Waals surface area contributed by atoms with Gasteiger partial charge in [0.15, 0.2) is 5.13 Å². The van der Waals surface area contributed by atoms with Crippen molar-refractivity contribution in [2.75, 3.05) is 5.32 Å². The Bertz CT molecular complexity index is 756. The number of rotatable bonds is 4. The molecule has 1 saturated carbocycles. The number of nitrogens with zero attached hydrogens (tertiary/aromatic N) is 2. The Kier molecular flexibility index (Phi) is 3.66. The highest BCUT2D eigenvalue weighted by atomic mass is 32.1. The van der Waals surface area contributed by atoms with Crippen LogP contribution >= 0.6 is 11.3 Å². The smallest absolute Gasteiger partial charge is 0.236 e. The van der Waals surface area contributed by atoms with E-state index in [1.807, 2.05) is 31.4 Å². The number of nitro groups is 1. The standard InChI is InChI=1S/C15H15N3O3S/c1-8-3-4-10(5-9(8)2)12-7-22-15(16-12)17-14(19)11-6-13(11)18(20)21/h3-5,7,11,13H,6H2,1-2H3,(H,16,17,19)/t11-,13-/m1/s1. The van der Waals surface area contributed by atoms with Gasteiger partial charge >= 0.3 is 0 Å². The highest BCUT2D eigenvalue weighted by molar-refractivity contribution is 7.14. The minimum atomic E-state index is -0.737.